The average molecular weight is 270 g/mol. The number of amides is 1. The van der Waals surface area contributed by atoms with Crippen LogP contribution in [0.4, 0.5) is 0 Å². The third-order valence-electron chi connectivity index (χ3n) is 3.46. The van der Waals surface area contributed by atoms with Gasteiger partial charge in [0.25, 0.3) is 0 Å². The monoisotopic (exact) mass is 270 g/mol. The summed E-state index contributed by atoms with van der Waals surface area (Å²) in [6.07, 6.45) is 2.95. The van der Waals surface area contributed by atoms with Gasteiger partial charge in [-0.05, 0) is 31.1 Å². The van der Waals surface area contributed by atoms with Crippen LogP contribution in [-0.4, -0.2) is 42.6 Å². The van der Waals surface area contributed by atoms with Crippen molar-refractivity contribution in [2.45, 2.75) is 59.1 Å². The largest absolute Gasteiger partial charge is 0.378 e. The normalized spacial score (nSPS) is 19.2. The lowest BCUT2D eigenvalue weighted by Crippen LogP contribution is -2.48. The summed E-state index contributed by atoms with van der Waals surface area (Å²) >= 11 is 0. The number of nitrogens with two attached hydrogens (primary N) is 1. The van der Waals surface area contributed by atoms with Crippen LogP contribution in [0.3, 0.4) is 0 Å². The fraction of sp³-hybridized carbons (Fsp3) is 0.933. The van der Waals surface area contributed by atoms with E-state index in [1.807, 2.05) is 4.90 Å². The molecule has 0 aromatic heterocycles. The number of carbonyl (C=O) groups is 1. The molecule has 0 radical (unpaired) electrons. The van der Waals surface area contributed by atoms with Crippen LogP contribution >= 0.6 is 0 Å². The molecule has 1 rings (SSSR count). The Kier molecular flexibility index (Phi) is 6.80. The molecule has 1 atom stereocenters. The van der Waals surface area contributed by atoms with Crippen molar-refractivity contribution in [1.82, 2.24) is 4.90 Å². The van der Waals surface area contributed by atoms with Gasteiger partial charge in [0.2, 0.25) is 5.91 Å². The average Bonchev–Trinajstić information content (AvgIpc) is 2.35. The fourth-order valence-corrected chi connectivity index (χ4v) is 2.41. The van der Waals surface area contributed by atoms with Gasteiger partial charge >= 0.3 is 0 Å². The topological polar surface area (TPSA) is 55.6 Å². The standard InChI is InChI=1S/C15H30N2O2/c1-11(2)9-14(16)15(18)17-7-5-13(6-8-17)19-10-12(3)4/h11-14H,5-10,16H2,1-4H3/t14-/m0/s1. The van der Waals surface area contributed by atoms with Gasteiger partial charge in [-0.15, -0.1) is 0 Å². The molecule has 1 fully saturated rings. The van der Waals surface area contributed by atoms with E-state index in [4.69, 9.17) is 10.5 Å². The minimum absolute atomic E-state index is 0.107. The summed E-state index contributed by atoms with van der Waals surface area (Å²) < 4.78 is 5.83. The van der Waals surface area contributed by atoms with Crippen molar-refractivity contribution < 1.29 is 9.53 Å². The smallest absolute Gasteiger partial charge is 0.239 e. The van der Waals surface area contributed by atoms with Crippen LogP contribution in [0.2, 0.25) is 0 Å². The molecule has 0 spiro atoms. The van der Waals surface area contributed by atoms with E-state index in [1.165, 1.54) is 0 Å². The maximum absolute atomic E-state index is 12.2. The molecule has 0 unspecified atom stereocenters. The lowest BCUT2D eigenvalue weighted by molar-refractivity contribution is -0.135. The van der Waals surface area contributed by atoms with Gasteiger partial charge in [-0.1, -0.05) is 27.7 Å². The molecule has 1 heterocycles. The summed E-state index contributed by atoms with van der Waals surface area (Å²) in [6.45, 7) is 10.9. The predicted octanol–water partition coefficient (Wildman–Crippen LogP) is 2.02. The van der Waals surface area contributed by atoms with E-state index in [0.717, 1.165) is 39.0 Å². The zero-order valence-corrected chi connectivity index (χ0v) is 12.9. The first-order valence-corrected chi connectivity index (χ1v) is 7.56. The molecule has 0 saturated carbocycles. The first-order valence-electron chi connectivity index (χ1n) is 7.56. The molecule has 1 aliphatic rings. The molecule has 1 saturated heterocycles. The van der Waals surface area contributed by atoms with E-state index in [1.54, 1.807) is 0 Å². The van der Waals surface area contributed by atoms with Crippen molar-refractivity contribution in [1.29, 1.82) is 0 Å². The van der Waals surface area contributed by atoms with Crippen molar-refractivity contribution in [2.24, 2.45) is 17.6 Å². The number of likely N-dealkylation sites (tertiary alicyclic amines) is 1. The van der Waals surface area contributed by atoms with Crippen molar-refractivity contribution in [3.8, 4) is 0 Å². The first-order chi connectivity index (χ1) is 8.90. The SMILES string of the molecule is CC(C)COC1CCN(C(=O)[C@@H](N)CC(C)C)CC1. The van der Waals surface area contributed by atoms with Crippen LogP contribution in [0.25, 0.3) is 0 Å². The van der Waals surface area contributed by atoms with Gasteiger partial charge in [0, 0.05) is 19.7 Å². The number of carbonyl (C=O) groups excluding carboxylic acids is 1. The van der Waals surface area contributed by atoms with Crippen LogP contribution in [-0.2, 0) is 9.53 Å². The minimum atomic E-state index is -0.340. The van der Waals surface area contributed by atoms with Gasteiger partial charge in [0.05, 0.1) is 12.1 Å². The Balaban J connectivity index is 2.30. The Morgan fingerprint density at radius 3 is 2.26 bits per heavy atom. The van der Waals surface area contributed by atoms with Crippen molar-refractivity contribution in [2.75, 3.05) is 19.7 Å². The molecule has 1 aliphatic heterocycles. The number of hydrogen-bond donors (Lipinski definition) is 1. The highest BCUT2D eigenvalue weighted by Gasteiger charge is 2.26. The molecule has 4 nitrogen and oxygen atoms in total. The Labute approximate surface area is 117 Å². The number of nitrogens with zero attached hydrogens (tertiary/aromatic N) is 1. The van der Waals surface area contributed by atoms with E-state index >= 15 is 0 Å². The van der Waals surface area contributed by atoms with Crippen LogP contribution in [0.5, 0.6) is 0 Å². The lowest BCUT2D eigenvalue weighted by atomic mass is 10.0. The second-order valence-corrected chi connectivity index (χ2v) is 6.49. The predicted molar refractivity (Wildman–Crippen MR) is 77.8 cm³/mol. The Hall–Kier alpha value is -0.610. The van der Waals surface area contributed by atoms with Crippen LogP contribution in [0, 0.1) is 11.8 Å². The van der Waals surface area contributed by atoms with Gasteiger partial charge in [-0.3, -0.25) is 4.79 Å². The summed E-state index contributed by atoms with van der Waals surface area (Å²) in [7, 11) is 0. The maximum atomic E-state index is 12.2. The number of piperidine rings is 1. The molecule has 1 amide bonds. The van der Waals surface area contributed by atoms with Crippen LogP contribution < -0.4 is 5.73 Å². The molecule has 0 aliphatic carbocycles. The molecule has 0 aromatic carbocycles. The van der Waals surface area contributed by atoms with Crippen molar-refractivity contribution >= 4 is 5.91 Å². The first kappa shape index (κ1) is 16.4. The maximum Gasteiger partial charge on any atom is 0.239 e. The van der Waals surface area contributed by atoms with Gasteiger partial charge in [0.15, 0.2) is 0 Å². The minimum Gasteiger partial charge on any atom is -0.378 e. The quantitative estimate of drug-likeness (QED) is 0.803. The van der Waals surface area contributed by atoms with Crippen LogP contribution in [0.1, 0.15) is 47.0 Å². The second-order valence-electron chi connectivity index (χ2n) is 6.49. The summed E-state index contributed by atoms with van der Waals surface area (Å²) in [5.74, 6) is 1.14. The number of ether oxygens (including phenoxy) is 1. The van der Waals surface area contributed by atoms with Crippen molar-refractivity contribution in [3.63, 3.8) is 0 Å². The Morgan fingerprint density at radius 1 is 1.21 bits per heavy atom. The molecule has 4 heteroatoms. The molecule has 0 aromatic rings. The third-order valence-corrected chi connectivity index (χ3v) is 3.46. The van der Waals surface area contributed by atoms with Crippen LogP contribution in [0.15, 0.2) is 0 Å². The Bertz CT molecular complexity index is 271. The van der Waals surface area contributed by atoms with Gasteiger partial charge in [0.1, 0.15) is 0 Å². The fourth-order valence-electron chi connectivity index (χ4n) is 2.41. The highest BCUT2D eigenvalue weighted by Crippen LogP contribution is 2.16. The van der Waals surface area contributed by atoms with Crippen molar-refractivity contribution in [3.05, 3.63) is 0 Å². The molecule has 0 bridgehead atoms. The highest BCUT2D eigenvalue weighted by atomic mass is 16.5. The number of hydrogen-bond acceptors (Lipinski definition) is 3. The molecule has 112 valence electrons. The second kappa shape index (κ2) is 7.85. The van der Waals surface area contributed by atoms with Gasteiger partial charge in [-0.25, -0.2) is 0 Å². The van der Waals surface area contributed by atoms with Gasteiger partial charge < -0.3 is 15.4 Å². The third kappa shape index (κ3) is 5.91. The zero-order chi connectivity index (χ0) is 14.4. The molecule has 19 heavy (non-hydrogen) atoms. The summed E-state index contributed by atoms with van der Waals surface area (Å²) in [5.41, 5.74) is 5.96. The highest BCUT2D eigenvalue weighted by molar-refractivity contribution is 5.81. The Morgan fingerprint density at radius 2 is 1.79 bits per heavy atom. The van der Waals surface area contributed by atoms with E-state index in [2.05, 4.69) is 27.7 Å². The molecular weight excluding hydrogens is 240 g/mol. The van der Waals surface area contributed by atoms with E-state index < -0.39 is 0 Å². The van der Waals surface area contributed by atoms with Gasteiger partial charge in [-0.2, -0.15) is 0 Å². The zero-order valence-electron chi connectivity index (χ0n) is 12.9. The summed E-state index contributed by atoms with van der Waals surface area (Å²) in [6, 6.07) is -0.340. The number of rotatable bonds is 6. The summed E-state index contributed by atoms with van der Waals surface area (Å²) in [4.78, 5) is 14.1. The van der Waals surface area contributed by atoms with E-state index in [-0.39, 0.29) is 11.9 Å². The van der Waals surface area contributed by atoms with E-state index in [9.17, 15) is 4.79 Å². The molecule has 2 N–H and O–H groups in total. The summed E-state index contributed by atoms with van der Waals surface area (Å²) in [5, 5.41) is 0. The molecular formula is C15H30N2O2. The lowest BCUT2D eigenvalue weighted by Gasteiger charge is -2.34. The van der Waals surface area contributed by atoms with E-state index in [0.29, 0.717) is 17.9 Å².